The second-order valence-electron chi connectivity index (χ2n) is 6.00. The summed E-state index contributed by atoms with van der Waals surface area (Å²) in [5.74, 6) is -1.50. The fraction of sp³-hybridized carbons (Fsp3) is 0.444. The predicted molar refractivity (Wildman–Crippen MR) is 91.4 cm³/mol. The molecule has 0 spiro atoms. The average Bonchev–Trinajstić information content (AvgIpc) is 3.16. The van der Waals surface area contributed by atoms with Crippen LogP contribution in [0.15, 0.2) is 42.7 Å². The molecule has 2 rings (SSSR count). The number of hydrogen-bond acceptors (Lipinski definition) is 5. The molecule has 25 heavy (non-hydrogen) atoms. The number of rotatable bonds is 8. The maximum atomic E-state index is 12.2. The van der Waals surface area contributed by atoms with Crippen LogP contribution in [0.25, 0.3) is 0 Å². The van der Waals surface area contributed by atoms with E-state index in [0.29, 0.717) is 19.4 Å². The molecule has 1 aromatic rings. The van der Waals surface area contributed by atoms with E-state index in [4.69, 9.17) is 4.74 Å². The maximum absolute atomic E-state index is 12.2. The van der Waals surface area contributed by atoms with Crippen molar-refractivity contribution in [3.63, 3.8) is 0 Å². The average molecular weight is 348 g/mol. The van der Waals surface area contributed by atoms with Crippen molar-refractivity contribution in [3.05, 3.63) is 48.2 Å². The van der Waals surface area contributed by atoms with Gasteiger partial charge in [0, 0.05) is 20.0 Å². The molecule has 1 aliphatic heterocycles. The van der Waals surface area contributed by atoms with Gasteiger partial charge in [0.2, 0.25) is 0 Å². The van der Waals surface area contributed by atoms with Gasteiger partial charge in [-0.15, -0.1) is 0 Å². The summed E-state index contributed by atoms with van der Waals surface area (Å²) in [5, 5.41) is 22.3. The first-order chi connectivity index (χ1) is 12.0. The number of ether oxygens (including phenoxy) is 1. The summed E-state index contributed by atoms with van der Waals surface area (Å²) in [6.07, 6.45) is 0.854. The minimum atomic E-state index is -1.82. The molecule has 1 heterocycles. The lowest BCUT2D eigenvalue weighted by Gasteiger charge is -2.23. The lowest BCUT2D eigenvalue weighted by Crippen LogP contribution is -2.51. The molecular weight excluding hydrogens is 324 g/mol. The summed E-state index contributed by atoms with van der Waals surface area (Å²) < 4.78 is 5.19. The summed E-state index contributed by atoms with van der Waals surface area (Å²) in [5.41, 5.74) is 1.06. The van der Waals surface area contributed by atoms with Gasteiger partial charge in [-0.05, 0) is 18.1 Å². The Balaban J connectivity index is 1.77. The summed E-state index contributed by atoms with van der Waals surface area (Å²) in [7, 11) is 1.52. The van der Waals surface area contributed by atoms with Crippen molar-refractivity contribution in [2.75, 3.05) is 20.1 Å². The highest BCUT2D eigenvalue weighted by molar-refractivity contribution is 5.90. The van der Waals surface area contributed by atoms with E-state index in [1.807, 2.05) is 36.4 Å². The van der Waals surface area contributed by atoms with Gasteiger partial charge in [0.25, 0.3) is 11.8 Å². The van der Waals surface area contributed by atoms with Crippen molar-refractivity contribution >= 4 is 11.8 Å². The minimum Gasteiger partial charge on any atom is -0.496 e. The number of amides is 2. The lowest BCUT2D eigenvalue weighted by molar-refractivity contribution is -0.152. The molecule has 0 saturated heterocycles. The van der Waals surface area contributed by atoms with Crippen molar-refractivity contribution < 1.29 is 24.5 Å². The van der Waals surface area contributed by atoms with Gasteiger partial charge in [0.15, 0.2) is 12.2 Å². The molecule has 0 saturated carbocycles. The van der Waals surface area contributed by atoms with Gasteiger partial charge in [-0.3, -0.25) is 9.59 Å². The second kappa shape index (κ2) is 9.19. The van der Waals surface area contributed by atoms with Crippen molar-refractivity contribution in [1.29, 1.82) is 0 Å². The van der Waals surface area contributed by atoms with Crippen LogP contribution in [0.4, 0.5) is 0 Å². The van der Waals surface area contributed by atoms with E-state index in [1.54, 1.807) is 6.26 Å². The molecule has 0 aromatic heterocycles. The Hall–Kier alpha value is -2.38. The van der Waals surface area contributed by atoms with Crippen LogP contribution in [-0.4, -0.2) is 65.4 Å². The molecule has 3 atom stereocenters. The maximum Gasteiger partial charge on any atom is 0.254 e. The zero-order chi connectivity index (χ0) is 18.2. The topological polar surface area (TPSA) is 99.1 Å². The molecule has 7 heteroatoms. The number of likely N-dealkylation sites (N-methyl/N-ethyl adjacent to an activating group) is 1. The third-order valence-corrected chi connectivity index (χ3v) is 4.05. The molecule has 136 valence electrons. The van der Waals surface area contributed by atoms with Gasteiger partial charge in [-0.2, -0.15) is 0 Å². The fourth-order valence-corrected chi connectivity index (χ4v) is 2.44. The fourth-order valence-electron chi connectivity index (χ4n) is 2.44. The first kappa shape index (κ1) is 19.0. The van der Waals surface area contributed by atoms with Crippen LogP contribution in [0.3, 0.4) is 0 Å². The Bertz CT molecular complexity index is 597. The van der Waals surface area contributed by atoms with Crippen molar-refractivity contribution in [3.8, 4) is 0 Å². The molecule has 3 N–H and O–H groups in total. The van der Waals surface area contributed by atoms with Gasteiger partial charge in [0.1, 0.15) is 6.10 Å². The number of hydrogen-bond donors (Lipinski definition) is 3. The zero-order valence-electron chi connectivity index (χ0n) is 14.2. The molecule has 0 bridgehead atoms. The van der Waals surface area contributed by atoms with Gasteiger partial charge >= 0.3 is 0 Å². The normalized spacial score (nSPS) is 18.3. The molecule has 0 fully saturated rings. The standard InChI is InChI=1S/C18H24N2O5/c1-20(10-9-13-6-3-2-4-7-13)18(24)16(22)15(21)17(23)19-12-14-8-5-11-25-14/h2-7,11,14-16,21-22H,8-10,12H2,1H3,(H,19,23)/t14?,15-,16-/m1/s1. The monoisotopic (exact) mass is 348 g/mol. The Morgan fingerprint density at radius 1 is 1.28 bits per heavy atom. The number of carbonyl (C=O) groups excluding carboxylic acids is 2. The first-order valence-electron chi connectivity index (χ1n) is 8.22. The molecule has 1 aliphatic rings. The van der Waals surface area contributed by atoms with Crippen molar-refractivity contribution in [2.24, 2.45) is 0 Å². The molecular formula is C18H24N2O5. The van der Waals surface area contributed by atoms with Crippen LogP contribution >= 0.6 is 0 Å². The molecule has 1 unspecified atom stereocenters. The predicted octanol–water partition coefficient (Wildman–Crippen LogP) is -0.172. The van der Waals surface area contributed by atoms with Crippen molar-refractivity contribution in [1.82, 2.24) is 10.2 Å². The van der Waals surface area contributed by atoms with Gasteiger partial charge in [-0.1, -0.05) is 30.3 Å². The summed E-state index contributed by atoms with van der Waals surface area (Å²) in [6.45, 7) is 0.573. The van der Waals surface area contributed by atoms with Gasteiger partial charge in [-0.25, -0.2) is 0 Å². The molecule has 2 amide bonds. The number of nitrogens with one attached hydrogen (secondary N) is 1. The Kier molecular flexibility index (Phi) is 6.97. The van der Waals surface area contributed by atoms with Crippen LogP contribution < -0.4 is 5.32 Å². The zero-order valence-corrected chi connectivity index (χ0v) is 14.2. The SMILES string of the molecule is CN(CCc1ccccc1)C(=O)[C@H](O)[C@@H](O)C(=O)NCC1CC=CO1. The largest absolute Gasteiger partial charge is 0.496 e. The highest BCUT2D eigenvalue weighted by Crippen LogP contribution is 2.08. The van der Waals surface area contributed by atoms with Crippen LogP contribution in [0.1, 0.15) is 12.0 Å². The van der Waals surface area contributed by atoms with Crippen LogP contribution in [-0.2, 0) is 20.7 Å². The van der Waals surface area contributed by atoms with E-state index in [-0.39, 0.29) is 12.6 Å². The van der Waals surface area contributed by atoms with Crippen LogP contribution in [0, 0.1) is 0 Å². The lowest BCUT2D eigenvalue weighted by atomic mass is 10.1. The Morgan fingerprint density at radius 2 is 2.00 bits per heavy atom. The second-order valence-corrected chi connectivity index (χ2v) is 6.00. The van der Waals surface area contributed by atoms with Gasteiger partial charge in [0.05, 0.1) is 12.8 Å². The number of aliphatic hydroxyl groups is 2. The minimum absolute atomic E-state index is 0.183. The number of benzene rings is 1. The number of carbonyl (C=O) groups is 2. The van der Waals surface area contributed by atoms with E-state index >= 15 is 0 Å². The van der Waals surface area contributed by atoms with Crippen LogP contribution in [0.2, 0.25) is 0 Å². The molecule has 0 radical (unpaired) electrons. The van der Waals surface area contributed by atoms with E-state index in [9.17, 15) is 19.8 Å². The van der Waals surface area contributed by atoms with Gasteiger partial charge < -0.3 is 25.2 Å². The molecule has 7 nitrogen and oxygen atoms in total. The Morgan fingerprint density at radius 3 is 2.64 bits per heavy atom. The van der Waals surface area contributed by atoms with E-state index in [1.165, 1.54) is 11.9 Å². The quantitative estimate of drug-likeness (QED) is 0.606. The third-order valence-electron chi connectivity index (χ3n) is 4.05. The van der Waals surface area contributed by atoms with E-state index in [0.717, 1.165) is 5.56 Å². The first-order valence-corrected chi connectivity index (χ1v) is 8.22. The summed E-state index contributed by atoms with van der Waals surface area (Å²) in [4.78, 5) is 25.4. The summed E-state index contributed by atoms with van der Waals surface area (Å²) in [6, 6.07) is 9.60. The number of nitrogens with zero attached hydrogens (tertiary/aromatic N) is 1. The third kappa shape index (κ3) is 5.58. The van der Waals surface area contributed by atoms with E-state index in [2.05, 4.69) is 5.32 Å². The van der Waals surface area contributed by atoms with E-state index < -0.39 is 24.0 Å². The van der Waals surface area contributed by atoms with Crippen molar-refractivity contribution in [2.45, 2.75) is 31.2 Å². The smallest absolute Gasteiger partial charge is 0.254 e. The highest BCUT2D eigenvalue weighted by Gasteiger charge is 2.32. The number of aliphatic hydroxyl groups excluding tert-OH is 2. The molecule has 0 aliphatic carbocycles. The van der Waals surface area contributed by atoms with Crippen LogP contribution in [0.5, 0.6) is 0 Å². The molecule has 1 aromatic carbocycles. The Labute approximate surface area is 146 Å². The summed E-state index contributed by atoms with van der Waals surface area (Å²) >= 11 is 0. The highest BCUT2D eigenvalue weighted by atomic mass is 16.5.